The van der Waals surface area contributed by atoms with E-state index in [1.54, 1.807) is 0 Å². The van der Waals surface area contributed by atoms with Crippen LogP contribution in [0.3, 0.4) is 0 Å². The summed E-state index contributed by atoms with van der Waals surface area (Å²) in [6, 6.07) is 11.6. The third-order valence-corrected chi connectivity index (χ3v) is 4.64. The van der Waals surface area contributed by atoms with Crippen LogP contribution in [0.4, 0.5) is 0 Å². The van der Waals surface area contributed by atoms with Crippen molar-refractivity contribution in [1.29, 1.82) is 0 Å². The molecule has 0 bridgehead atoms. The normalized spacial score (nSPS) is 21.3. The zero-order valence-electron chi connectivity index (χ0n) is 13.3. The molecule has 0 fully saturated rings. The van der Waals surface area contributed by atoms with Crippen LogP contribution in [0.25, 0.3) is 0 Å². The van der Waals surface area contributed by atoms with Gasteiger partial charge in [0.1, 0.15) is 0 Å². The van der Waals surface area contributed by atoms with Gasteiger partial charge in [0.05, 0.1) is 5.69 Å². The van der Waals surface area contributed by atoms with E-state index in [0.29, 0.717) is 12.0 Å². The van der Waals surface area contributed by atoms with Crippen LogP contribution in [0, 0.1) is 12.8 Å². The largest absolute Gasteiger partial charge is 0.310 e. The number of hydrogen-bond acceptors (Lipinski definition) is 2. The molecular weight excluding hydrogens is 258 g/mol. The number of hydrogen-bond donors (Lipinski definition) is 1. The van der Waals surface area contributed by atoms with E-state index in [9.17, 15) is 0 Å². The second-order valence-corrected chi connectivity index (χ2v) is 6.14. The Hall–Kier alpha value is -1.61. The fraction of sp³-hybridized carbons (Fsp3) is 0.500. The number of nitrogens with one attached hydrogen (secondary N) is 1. The number of aryl methyl sites for hydroxylation is 3. The van der Waals surface area contributed by atoms with E-state index in [0.717, 1.165) is 18.7 Å². The van der Waals surface area contributed by atoms with Crippen molar-refractivity contribution in [2.24, 2.45) is 13.0 Å². The van der Waals surface area contributed by atoms with Crippen LogP contribution in [0.5, 0.6) is 0 Å². The maximum absolute atomic E-state index is 4.49. The molecule has 0 spiro atoms. The average molecular weight is 283 g/mol. The van der Waals surface area contributed by atoms with Crippen LogP contribution in [0.15, 0.2) is 30.3 Å². The Balaban J connectivity index is 1.86. The zero-order chi connectivity index (χ0) is 14.8. The van der Waals surface area contributed by atoms with E-state index < -0.39 is 0 Å². The first-order valence-corrected chi connectivity index (χ1v) is 7.99. The molecule has 1 aliphatic carbocycles. The summed E-state index contributed by atoms with van der Waals surface area (Å²) in [4.78, 5) is 0. The van der Waals surface area contributed by atoms with Crippen molar-refractivity contribution in [3.8, 4) is 0 Å². The third kappa shape index (κ3) is 2.88. The topological polar surface area (TPSA) is 29.9 Å². The fourth-order valence-electron chi connectivity index (χ4n) is 3.67. The maximum atomic E-state index is 4.49. The molecular formula is C18H25N3. The SMILES string of the molecule is CCNC1c2ccccc2CCC1Cc1cc(C)nn1C. The van der Waals surface area contributed by atoms with Gasteiger partial charge in [-0.3, -0.25) is 4.68 Å². The van der Waals surface area contributed by atoms with E-state index in [1.807, 2.05) is 4.68 Å². The van der Waals surface area contributed by atoms with Crippen LogP contribution in [0.2, 0.25) is 0 Å². The van der Waals surface area contributed by atoms with E-state index in [1.165, 1.54) is 29.7 Å². The number of nitrogens with zero attached hydrogens (tertiary/aromatic N) is 2. The van der Waals surface area contributed by atoms with Gasteiger partial charge in [-0.1, -0.05) is 31.2 Å². The smallest absolute Gasteiger partial charge is 0.0596 e. The van der Waals surface area contributed by atoms with Gasteiger partial charge in [0.2, 0.25) is 0 Å². The molecule has 21 heavy (non-hydrogen) atoms. The molecule has 1 N–H and O–H groups in total. The Morgan fingerprint density at radius 1 is 1.33 bits per heavy atom. The van der Waals surface area contributed by atoms with Gasteiger partial charge < -0.3 is 5.32 Å². The van der Waals surface area contributed by atoms with E-state index >= 15 is 0 Å². The van der Waals surface area contributed by atoms with Crippen LogP contribution in [-0.4, -0.2) is 16.3 Å². The van der Waals surface area contributed by atoms with E-state index in [2.05, 4.69) is 61.6 Å². The lowest BCUT2D eigenvalue weighted by molar-refractivity contribution is 0.318. The summed E-state index contributed by atoms with van der Waals surface area (Å²) in [5.74, 6) is 0.648. The maximum Gasteiger partial charge on any atom is 0.0596 e. The lowest BCUT2D eigenvalue weighted by Gasteiger charge is -2.34. The molecule has 0 aliphatic heterocycles. The standard InChI is InChI=1S/C18H25N3/c1-4-19-18-15(12-16-11-13(2)20-21(16)3)10-9-14-7-5-6-8-17(14)18/h5-8,11,15,18-19H,4,9-10,12H2,1-3H3. The average Bonchev–Trinajstić information content (AvgIpc) is 2.79. The molecule has 3 heteroatoms. The number of rotatable bonds is 4. The Kier molecular flexibility index (Phi) is 4.11. The van der Waals surface area contributed by atoms with E-state index in [4.69, 9.17) is 0 Å². The molecule has 0 radical (unpaired) electrons. The molecule has 1 aromatic carbocycles. The fourth-order valence-corrected chi connectivity index (χ4v) is 3.67. The lowest BCUT2D eigenvalue weighted by atomic mass is 9.77. The molecule has 3 rings (SSSR count). The van der Waals surface area contributed by atoms with Crippen molar-refractivity contribution < 1.29 is 0 Å². The summed E-state index contributed by atoms with van der Waals surface area (Å²) in [6.45, 7) is 5.28. The highest BCUT2D eigenvalue weighted by Crippen LogP contribution is 2.36. The predicted molar refractivity (Wildman–Crippen MR) is 86.3 cm³/mol. The molecule has 0 amide bonds. The monoisotopic (exact) mass is 283 g/mol. The number of fused-ring (bicyclic) bond motifs is 1. The first-order valence-electron chi connectivity index (χ1n) is 7.99. The third-order valence-electron chi connectivity index (χ3n) is 4.64. The lowest BCUT2D eigenvalue weighted by Crippen LogP contribution is -2.33. The van der Waals surface area contributed by atoms with Gasteiger partial charge >= 0.3 is 0 Å². The van der Waals surface area contributed by atoms with Gasteiger partial charge in [0, 0.05) is 18.8 Å². The van der Waals surface area contributed by atoms with Crippen molar-refractivity contribution in [1.82, 2.24) is 15.1 Å². The second-order valence-electron chi connectivity index (χ2n) is 6.14. The van der Waals surface area contributed by atoms with Gasteiger partial charge in [0.25, 0.3) is 0 Å². The van der Waals surface area contributed by atoms with Crippen molar-refractivity contribution >= 4 is 0 Å². The zero-order valence-corrected chi connectivity index (χ0v) is 13.3. The highest BCUT2D eigenvalue weighted by Gasteiger charge is 2.29. The molecule has 1 aliphatic rings. The Morgan fingerprint density at radius 3 is 2.86 bits per heavy atom. The molecule has 112 valence electrons. The second kappa shape index (κ2) is 6.02. The summed E-state index contributed by atoms with van der Waals surface area (Å²) in [5, 5.41) is 8.20. The minimum Gasteiger partial charge on any atom is -0.310 e. The van der Waals surface area contributed by atoms with Gasteiger partial charge in [-0.2, -0.15) is 5.10 Å². The first kappa shape index (κ1) is 14.3. The minimum atomic E-state index is 0.468. The summed E-state index contributed by atoms with van der Waals surface area (Å²) in [6.07, 6.45) is 3.54. The van der Waals surface area contributed by atoms with Crippen molar-refractivity contribution in [3.05, 3.63) is 52.8 Å². The Morgan fingerprint density at radius 2 is 2.14 bits per heavy atom. The van der Waals surface area contributed by atoms with Gasteiger partial charge in [-0.05, 0) is 55.8 Å². The van der Waals surface area contributed by atoms with Crippen LogP contribution in [0.1, 0.15) is 41.9 Å². The molecule has 2 atom stereocenters. The molecule has 0 saturated heterocycles. The van der Waals surface area contributed by atoms with Crippen molar-refractivity contribution in [3.63, 3.8) is 0 Å². The highest BCUT2D eigenvalue weighted by atomic mass is 15.3. The predicted octanol–water partition coefficient (Wildman–Crippen LogP) is 3.18. The molecule has 2 unspecified atom stereocenters. The quantitative estimate of drug-likeness (QED) is 0.934. The summed E-state index contributed by atoms with van der Waals surface area (Å²) < 4.78 is 2.04. The van der Waals surface area contributed by atoms with Crippen LogP contribution in [-0.2, 0) is 19.9 Å². The number of aromatic nitrogens is 2. The van der Waals surface area contributed by atoms with Gasteiger partial charge in [0.15, 0.2) is 0 Å². The number of benzene rings is 1. The summed E-state index contributed by atoms with van der Waals surface area (Å²) in [7, 11) is 2.06. The minimum absolute atomic E-state index is 0.468. The molecule has 2 aromatic rings. The summed E-state index contributed by atoms with van der Waals surface area (Å²) >= 11 is 0. The van der Waals surface area contributed by atoms with Crippen molar-refractivity contribution in [2.75, 3.05) is 6.54 Å². The summed E-state index contributed by atoms with van der Waals surface area (Å²) in [5.41, 5.74) is 5.47. The van der Waals surface area contributed by atoms with Crippen LogP contribution >= 0.6 is 0 Å². The molecule has 0 saturated carbocycles. The highest BCUT2D eigenvalue weighted by molar-refractivity contribution is 5.33. The molecule has 1 aromatic heterocycles. The Labute approximate surface area is 127 Å². The van der Waals surface area contributed by atoms with Gasteiger partial charge in [-0.15, -0.1) is 0 Å². The first-order chi connectivity index (χ1) is 10.2. The van der Waals surface area contributed by atoms with Gasteiger partial charge in [-0.25, -0.2) is 0 Å². The Bertz CT molecular complexity index is 615. The van der Waals surface area contributed by atoms with E-state index in [-0.39, 0.29) is 0 Å². The van der Waals surface area contributed by atoms with Crippen LogP contribution < -0.4 is 5.32 Å². The molecule has 3 nitrogen and oxygen atoms in total. The van der Waals surface area contributed by atoms with Crippen molar-refractivity contribution in [2.45, 2.75) is 39.2 Å². The molecule has 1 heterocycles.